The highest BCUT2D eigenvalue weighted by molar-refractivity contribution is 7.99. The van der Waals surface area contributed by atoms with Crippen LogP contribution in [0.25, 0.3) is 16.8 Å². The van der Waals surface area contributed by atoms with Crippen LogP contribution in [0.5, 0.6) is 11.8 Å². The molecule has 0 N–H and O–H groups in total. The molecule has 174 valence electrons. The van der Waals surface area contributed by atoms with Gasteiger partial charge in [-0.25, -0.2) is 5.01 Å². The minimum Gasteiger partial charge on any atom is -0.481 e. The van der Waals surface area contributed by atoms with Crippen molar-refractivity contribution in [1.82, 2.24) is 39.8 Å². The maximum atomic E-state index is 13.2. The van der Waals surface area contributed by atoms with E-state index in [1.807, 2.05) is 24.3 Å². The van der Waals surface area contributed by atoms with E-state index in [0.717, 1.165) is 5.52 Å². The quantitative estimate of drug-likeness (QED) is 0.374. The van der Waals surface area contributed by atoms with Crippen LogP contribution in [0.4, 0.5) is 0 Å². The number of hydrogen-bond donors (Lipinski definition) is 0. The standard InChI is InChI=1S/C21H20N8O4S/c1-32-16-9-8-13(18(22-16)33-2)19(31)28-11-5-10-27(28)17(30)12-34-21-26-25-20-24-23-14-6-3-4-7-15(14)29(20)21/h3-4,6-9H,5,10-12H2,1-2H3. The molecule has 0 atom stereocenters. The summed E-state index contributed by atoms with van der Waals surface area (Å²) in [4.78, 5) is 30.5. The van der Waals surface area contributed by atoms with Crippen LogP contribution in [0.1, 0.15) is 16.8 Å². The van der Waals surface area contributed by atoms with Crippen molar-refractivity contribution in [2.45, 2.75) is 11.6 Å². The Morgan fingerprint density at radius 3 is 2.59 bits per heavy atom. The Kier molecular flexibility index (Phi) is 5.84. The molecule has 13 heteroatoms. The first kappa shape index (κ1) is 21.8. The monoisotopic (exact) mass is 480 g/mol. The van der Waals surface area contributed by atoms with E-state index in [-0.39, 0.29) is 29.0 Å². The van der Waals surface area contributed by atoms with Crippen molar-refractivity contribution in [3.05, 3.63) is 42.0 Å². The first-order chi connectivity index (χ1) is 16.6. The summed E-state index contributed by atoms with van der Waals surface area (Å²) in [6.07, 6.45) is 0.669. The van der Waals surface area contributed by atoms with E-state index in [0.29, 0.717) is 41.8 Å². The average molecular weight is 481 g/mol. The molecule has 0 aliphatic carbocycles. The molecule has 3 aromatic heterocycles. The van der Waals surface area contributed by atoms with Crippen molar-refractivity contribution >= 4 is 40.4 Å². The SMILES string of the molecule is COc1ccc(C(=O)N2CCCN2C(=O)CSc2nnc3nnc4ccccc4n23)c(OC)n1. The molecule has 1 fully saturated rings. The summed E-state index contributed by atoms with van der Waals surface area (Å²) in [6.45, 7) is 0.852. The molecule has 2 amide bonds. The molecule has 0 radical (unpaired) electrons. The van der Waals surface area contributed by atoms with E-state index in [4.69, 9.17) is 9.47 Å². The molecule has 1 aliphatic heterocycles. The van der Waals surface area contributed by atoms with Gasteiger partial charge in [-0.3, -0.25) is 19.0 Å². The highest BCUT2D eigenvalue weighted by Crippen LogP contribution is 2.26. The minimum absolute atomic E-state index is 0.0687. The Labute approximate surface area is 197 Å². The molecule has 0 spiro atoms. The van der Waals surface area contributed by atoms with Gasteiger partial charge in [-0.15, -0.1) is 20.4 Å². The van der Waals surface area contributed by atoms with Crippen LogP contribution in [0.15, 0.2) is 41.6 Å². The summed E-state index contributed by atoms with van der Waals surface area (Å²) in [7, 11) is 2.91. The van der Waals surface area contributed by atoms with E-state index in [1.165, 1.54) is 36.0 Å². The van der Waals surface area contributed by atoms with Gasteiger partial charge in [0, 0.05) is 19.2 Å². The predicted octanol–water partition coefficient (Wildman–Crippen LogP) is 1.47. The third-order valence-corrected chi connectivity index (χ3v) is 6.25. The summed E-state index contributed by atoms with van der Waals surface area (Å²) in [5.74, 6) is 0.305. The van der Waals surface area contributed by atoms with Crippen LogP contribution < -0.4 is 9.47 Å². The maximum absolute atomic E-state index is 13.2. The number of methoxy groups -OCH3 is 2. The summed E-state index contributed by atoms with van der Waals surface area (Å²) in [5.41, 5.74) is 1.75. The van der Waals surface area contributed by atoms with Crippen LogP contribution >= 0.6 is 11.8 Å². The van der Waals surface area contributed by atoms with E-state index in [9.17, 15) is 9.59 Å². The predicted molar refractivity (Wildman–Crippen MR) is 122 cm³/mol. The van der Waals surface area contributed by atoms with Gasteiger partial charge in [-0.05, 0) is 24.6 Å². The van der Waals surface area contributed by atoms with Gasteiger partial charge in [0.15, 0.2) is 5.16 Å². The van der Waals surface area contributed by atoms with Gasteiger partial charge in [-0.1, -0.05) is 23.9 Å². The normalized spacial score (nSPS) is 13.6. The molecule has 0 unspecified atom stereocenters. The zero-order valence-corrected chi connectivity index (χ0v) is 19.2. The van der Waals surface area contributed by atoms with Crippen LogP contribution in [0, 0.1) is 0 Å². The topological polar surface area (TPSA) is 128 Å². The van der Waals surface area contributed by atoms with Crippen molar-refractivity contribution in [1.29, 1.82) is 0 Å². The summed E-state index contributed by atoms with van der Waals surface area (Å²) in [6, 6.07) is 10.7. The Morgan fingerprint density at radius 1 is 0.971 bits per heavy atom. The Hall–Kier alpha value is -4.00. The molecule has 4 aromatic rings. The van der Waals surface area contributed by atoms with Crippen molar-refractivity contribution in [2.75, 3.05) is 33.1 Å². The van der Waals surface area contributed by atoms with Gasteiger partial charge >= 0.3 is 0 Å². The van der Waals surface area contributed by atoms with E-state index >= 15 is 0 Å². The number of amides is 2. The second-order valence-electron chi connectivity index (χ2n) is 7.30. The van der Waals surface area contributed by atoms with Gasteiger partial charge in [0.25, 0.3) is 17.6 Å². The largest absolute Gasteiger partial charge is 0.481 e. The number of carbonyl (C=O) groups is 2. The minimum atomic E-state index is -0.364. The third kappa shape index (κ3) is 3.83. The summed E-state index contributed by atoms with van der Waals surface area (Å²) >= 11 is 1.23. The lowest BCUT2D eigenvalue weighted by Gasteiger charge is -2.28. The van der Waals surface area contributed by atoms with Crippen molar-refractivity contribution in [3.8, 4) is 11.8 Å². The van der Waals surface area contributed by atoms with Crippen LogP contribution in [0.2, 0.25) is 0 Å². The number of hydrazine groups is 1. The number of thioether (sulfide) groups is 1. The van der Waals surface area contributed by atoms with Crippen LogP contribution in [-0.2, 0) is 4.79 Å². The van der Waals surface area contributed by atoms with Gasteiger partial charge in [0.05, 0.1) is 25.5 Å². The second-order valence-corrected chi connectivity index (χ2v) is 8.25. The number of aromatic nitrogens is 6. The van der Waals surface area contributed by atoms with Gasteiger partial charge < -0.3 is 9.47 Å². The highest BCUT2D eigenvalue weighted by atomic mass is 32.2. The van der Waals surface area contributed by atoms with E-state index in [1.54, 1.807) is 16.5 Å². The number of hydrogen-bond acceptors (Lipinski definition) is 10. The molecular weight excluding hydrogens is 460 g/mol. The van der Waals surface area contributed by atoms with E-state index in [2.05, 4.69) is 25.4 Å². The number of carbonyl (C=O) groups excluding carboxylic acids is 2. The Balaban J connectivity index is 1.34. The van der Waals surface area contributed by atoms with Crippen LogP contribution in [0.3, 0.4) is 0 Å². The molecule has 1 saturated heterocycles. The molecule has 1 aromatic carbocycles. The number of benzene rings is 1. The summed E-state index contributed by atoms with van der Waals surface area (Å²) < 4.78 is 12.1. The Morgan fingerprint density at radius 2 is 1.76 bits per heavy atom. The van der Waals surface area contributed by atoms with Crippen molar-refractivity contribution < 1.29 is 19.1 Å². The second kappa shape index (κ2) is 9.09. The zero-order chi connectivity index (χ0) is 23.7. The van der Waals surface area contributed by atoms with Gasteiger partial charge in [0.1, 0.15) is 11.1 Å². The molecule has 5 rings (SSSR count). The first-order valence-electron chi connectivity index (χ1n) is 10.4. The lowest BCUT2D eigenvalue weighted by molar-refractivity contribution is -0.137. The highest BCUT2D eigenvalue weighted by Gasteiger charge is 2.33. The molecule has 0 bridgehead atoms. The molecular formula is C21H20N8O4S. The molecule has 12 nitrogen and oxygen atoms in total. The summed E-state index contributed by atoms with van der Waals surface area (Å²) in [5, 5.41) is 19.9. The number of pyridine rings is 1. The van der Waals surface area contributed by atoms with Crippen LogP contribution in [-0.4, -0.2) is 84.7 Å². The maximum Gasteiger partial charge on any atom is 0.277 e. The molecule has 1 aliphatic rings. The number of ether oxygens (including phenoxy) is 2. The van der Waals surface area contributed by atoms with Crippen molar-refractivity contribution in [2.24, 2.45) is 0 Å². The lowest BCUT2D eigenvalue weighted by atomic mass is 10.2. The fourth-order valence-corrected chi connectivity index (χ4v) is 4.55. The van der Waals surface area contributed by atoms with Crippen molar-refractivity contribution in [3.63, 3.8) is 0 Å². The fourth-order valence-electron chi connectivity index (χ4n) is 3.75. The number of fused-ring (bicyclic) bond motifs is 3. The lowest BCUT2D eigenvalue weighted by Crippen LogP contribution is -2.45. The number of nitrogens with zero attached hydrogens (tertiary/aromatic N) is 8. The van der Waals surface area contributed by atoms with E-state index < -0.39 is 0 Å². The first-order valence-corrected chi connectivity index (χ1v) is 11.4. The molecule has 34 heavy (non-hydrogen) atoms. The fraction of sp³-hybridized carbons (Fsp3) is 0.286. The average Bonchev–Trinajstić information content (AvgIpc) is 3.54. The number of para-hydroxylation sites is 1. The number of rotatable bonds is 6. The third-order valence-electron chi connectivity index (χ3n) is 5.33. The van der Waals surface area contributed by atoms with Gasteiger partial charge in [-0.2, -0.15) is 4.98 Å². The molecule has 4 heterocycles. The van der Waals surface area contributed by atoms with Gasteiger partial charge in [0.2, 0.25) is 11.8 Å². The Bertz CT molecular complexity index is 1390. The zero-order valence-electron chi connectivity index (χ0n) is 18.4. The smallest absolute Gasteiger partial charge is 0.277 e. The molecule has 0 saturated carbocycles.